The summed E-state index contributed by atoms with van der Waals surface area (Å²) in [5.41, 5.74) is 2.21. The number of amides is 1. The summed E-state index contributed by atoms with van der Waals surface area (Å²) in [5, 5.41) is 4.37. The molecule has 1 atom stereocenters. The van der Waals surface area contributed by atoms with E-state index in [0.29, 0.717) is 24.4 Å². The molecule has 4 rings (SSSR count). The number of carbonyl (C=O) groups is 1. The number of hydrogen-bond donors (Lipinski definition) is 1. The molecule has 2 saturated carbocycles. The molecule has 0 spiro atoms. The van der Waals surface area contributed by atoms with Crippen LogP contribution < -0.4 is 5.32 Å². The van der Waals surface area contributed by atoms with E-state index in [0.717, 1.165) is 11.4 Å². The predicted octanol–water partition coefficient (Wildman–Crippen LogP) is 7.00. The van der Waals surface area contributed by atoms with Crippen LogP contribution in [0, 0.1) is 0 Å². The number of benzene rings is 1. The summed E-state index contributed by atoms with van der Waals surface area (Å²) < 4.78 is 0. The SMILES string of the molecule is CC(C)c1ccc(NC(=O)CC2CS/C(=N\C3CCCCC3)N2C2CCCCC2)cc1.Cl. The van der Waals surface area contributed by atoms with Crippen LogP contribution in [0.5, 0.6) is 0 Å². The van der Waals surface area contributed by atoms with Crippen LogP contribution in [0.25, 0.3) is 0 Å². The van der Waals surface area contributed by atoms with Crippen LogP contribution in [-0.2, 0) is 4.79 Å². The number of nitrogens with zero attached hydrogens (tertiary/aromatic N) is 2. The quantitative estimate of drug-likeness (QED) is 0.479. The molecule has 1 heterocycles. The first-order valence-corrected chi connectivity index (χ1v) is 13.5. The highest BCUT2D eigenvalue weighted by molar-refractivity contribution is 8.14. The third kappa shape index (κ3) is 6.66. The minimum Gasteiger partial charge on any atom is -0.344 e. The number of anilines is 1. The third-order valence-corrected chi connectivity index (χ3v) is 8.26. The molecule has 3 fully saturated rings. The molecule has 1 aromatic carbocycles. The number of carbonyl (C=O) groups excluding carboxylic acids is 1. The Bertz CT molecular complexity index is 755. The first-order valence-electron chi connectivity index (χ1n) is 12.5. The Kier molecular flexibility index (Phi) is 9.78. The van der Waals surface area contributed by atoms with Gasteiger partial charge in [-0.25, -0.2) is 0 Å². The highest BCUT2D eigenvalue weighted by Gasteiger charge is 2.37. The van der Waals surface area contributed by atoms with Crippen molar-refractivity contribution in [2.24, 2.45) is 4.99 Å². The first kappa shape index (κ1) is 25.4. The average Bonchev–Trinajstić information content (AvgIpc) is 3.17. The van der Waals surface area contributed by atoms with Crippen LogP contribution >= 0.6 is 24.2 Å². The molecular formula is C26H40ClN3OS. The van der Waals surface area contributed by atoms with Gasteiger partial charge in [0.2, 0.25) is 5.91 Å². The normalized spacial score (nSPS) is 24.0. The Hall–Kier alpha value is -1.20. The monoisotopic (exact) mass is 477 g/mol. The lowest BCUT2D eigenvalue weighted by atomic mass is 9.93. The van der Waals surface area contributed by atoms with Crippen molar-refractivity contribution in [3.05, 3.63) is 29.8 Å². The fraction of sp³-hybridized carbons (Fsp3) is 0.692. The van der Waals surface area contributed by atoms with Gasteiger partial charge in [0, 0.05) is 29.9 Å². The number of amidine groups is 1. The van der Waals surface area contributed by atoms with Gasteiger partial charge < -0.3 is 10.2 Å². The second-order valence-electron chi connectivity index (χ2n) is 9.90. The number of nitrogens with one attached hydrogen (secondary N) is 1. The molecule has 1 aromatic rings. The summed E-state index contributed by atoms with van der Waals surface area (Å²) in [6.45, 7) is 4.38. The Labute approximate surface area is 204 Å². The van der Waals surface area contributed by atoms with Crippen LogP contribution in [0.4, 0.5) is 5.69 Å². The van der Waals surface area contributed by atoms with E-state index in [2.05, 4.69) is 36.2 Å². The molecule has 0 radical (unpaired) electrons. The van der Waals surface area contributed by atoms with Gasteiger partial charge in [0.05, 0.1) is 6.04 Å². The molecule has 178 valence electrons. The van der Waals surface area contributed by atoms with Gasteiger partial charge >= 0.3 is 0 Å². The second kappa shape index (κ2) is 12.3. The molecule has 32 heavy (non-hydrogen) atoms. The van der Waals surface area contributed by atoms with Crippen molar-refractivity contribution in [2.75, 3.05) is 11.1 Å². The van der Waals surface area contributed by atoms with E-state index in [1.807, 2.05) is 23.9 Å². The van der Waals surface area contributed by atoms with Crippen LogP contribution in [0.1, 0.15) is 96.0 Å². The lowest BCUT2D eigenvalue weighted by molar-refractivity contribution is -0.117. The van der Waals surface area contributed by atoms with Crippen LogP contribution in [0.2, 0.25) is 0 Å². The van der Waals surface area contributed by atoms with Gasteiger partial charge in [-0.3, -0.25) is 9.79 Å². The number of hydrogen-bond acceptors (Lipinski definition) is 3. The summed E-state index contributed by atoms with van der Waals surface area (Å²) in [7, 11) is 0. The van der Waals surface area contributed by atoms with Crippen molar-refractivity contribution in [2.45, 2.75) is 109 Å². The Balaban J connectivity index is 0.00000289. The van der Waals surface area contributed by atoms with Crippen molar-refractivity contribution >= 4 is 40.9 Å². The predicted molar refractivity (Wildman–Crippen MR) is 140 cm³/mol. The fourth-order valence-electron chi connectivity index (χ4n) is 5.30. The Morgan fingerprint density at radius 1 is 1.03 bits per heavy atom. The van der Waals surface area contributed by atoms with Crippen molar-refractivity contribution in [1.29, 1.82) is 0 Å². The zero-order chi connectivity index (χ0) is 21.6. The van der Waals surface area contributed by atoms with Gasteiger partial charge in [-0.2, -0.15) is 0 Å². The van der Waals surface area contributed by atoms with E-state index in [1.54, 1.807) is 0 Å². The number of halogens is 1. The highest BCUT2D eigenvalue weighted by Crippen LogP contribution is 2.35. The van der Waals surface area contributed by atoms with Crippen molar-refractivity contribution < 1.29 is 4.79 Å². The summed E-state index contributed by atoms with van der Waals surface area (Å²) in [6.07, 6.45) is 13.5. The van der Waals surface area contributed by atoms with E-state index in [4.69, 9.17) is 4.99 Å². The van der Waals surface area contributed by atoms with E-state index in [-0.39, 0.29) is 24.4 Å². The second-order valence-corrected chi connectivity index (χ2v) is 10.9. The molecule has 1 amide bonds. The van der Waals surface area contributed by atoms with Gasteiger partial charge in [0.25, 0.3) is 0 Å². The van der Waals surface area contributed by atoms with E-state index in [9.17, 15) is 4.79 Å². The van der Waals surface area contributed by atoms with E-state index in [1.165, 1.54) is 74.9 Å². The molecule has 4 nitrogen and oxygen atoms in total. The average molecular weight is 478 g/mol. The van der Waals surface area contributed by atoms with Gasteiger partial charge in [0.1, 0.15) is 0 Å². The fourth-order valence-corrected chi connectivity index (χ4v) is 6.59. The molecule has 1 unspecified atom stereocenters. The van der Waals surface area contributed by atoms with Crippen molar-refractivity contribution in [3.63, 3.8) is 0 Å². The van der Waals surface area contributed by atoms with Crippen LogP contribution in [-0.4, -0.2) is 39.9 Å². The van der Waals surface area contributed by atoms with Gasteiger partial charge in [0.15, 0.2) is 5.17 Å². The molecule has 0 bridgehead atoms. The summed E-state index contributed by atoms with van der Waals surface area (Å²) >= 11 is 1.90. The lowest BCUT2D eigenvalue weighted by Gasteiger charge is -2.37. The van der Waals surface area contributed by atoms with Gasteiger partial charge in [-0.1, -0.05) is 76.3 Å². The molecule has 1 saturated heterocycles. The largest absolute Gasteiger partial charge is 0.344 e. The molecule has 0 aromatic heterocycles. The smallest absolute Gasteiger partial charge is 0.226 e. The molecule has 6 heteroatoms. The maximum atomic E-state index is 12.9. The van der Waals surface area contributed by atoms with E-state index >= 15 is 0 Å². The zero-order valence-electron chi connectivity index (χ0n) is 19.7. The maximum Gasteiger partial charge on any atom is 0.226 e. The first-order chi connectivity index (χ1) is 15.1. The maximum absolute atomic E-state index is 12.9. The summed E-state index contributed by atoms with van der Waals surface area (Å²) in [4.78, 5) is 20.7. The van der Waals surface area contributed by atoms with Crippen LogP contribution in [0.15, 0.2) is 29.3 Å². The zero-order valence-corrected chi connectivity index (χ0v) is 21.4. The minimum atomic E-state index is 0. The number of thioether (sulfide) groups is 1. The molecule has 3 aliphatic rings. The minimum absolute atomic E-state index is 0. The lowest BCUT2D eigenvalue weighted by Crippen LogP contribution is -2.45. The highest BCUT2D eigenvalue weighted by atomic mass is 35.5. The molecule has 1 aliphatic heterocycles. The van der Waals surface area contributed by atoms with Crippen molar-refractivity contribution in [1.82, 2.24) is 4.90 Å². The standard InChI is InChI=1S/C26H39N3OS.ClH/c1-19(2)20-13-15-22(16-14-20)27-25(30)17-24-18-31-26(28-21-9-5-3-6-10-21)29(24)23-11-7-4-8-12-23;/h13-16,19,21,23-24H,3-12,17-18H2,1-2H3,(H,27,30);1H/b28-26-;. The topological polar surface area (TPSA) is 44.7 Å². The van der Waals surface area contributed by atoms with Crippen molar-refractivity contribution in [3.8, 4) is 0 Å². The summed E-state index contributed by atoms with van der Waals surface area (Å²) in [5.74, 6) is 1.62. The molecule has 2 aliphatic carbocycles. The number of aliphatic imine (C=N–C) groups is 1. The van der Waals surface area contributed by atoms with Crippen LogP contribution in [0.3, 0.4) is 0 Å². The summed E-state index contributed by atoms with van der Waals surface area (Å²) in [6, 6.07) is 9.63. The third-order valence-electron chi connectivity index (χ3n) is 7.14. The Morgan fingerprint density at radius 3 is 2.28 bits per heavy atom. The van der Waals surface area contributed by atoms with Gasteiger partial charge in [-0.05, 0) is 49.3 Å². The number of rotatable bonds is 6. The Morgan fingerprint density at radius 2 is 1.66 bits per heavy atom. The van der Waals surface area contributed by atoms with E-state index < -0.39 is 0 Å². The van der Waals surface area contributed by atoms with Gasteiger partial charge in [-0.15, -0.1) is 12.4 Å². The molecule has 1 N–H and O–H groups in total. The molecular weight excluding hydrogens is 438 g/mol.